The Morgan fingerprint density at radius 3 is 2.65 bits per heavy atom. The van der Waals surface area contributed by atoms with Gasteiger partial charge in [0.2, 0.25) is 0 Å². The summed E-state index contributed by atoms with van der Waals surface area (Å²) in [5.41, 5.74) is 1.87. The average molecular weight is 297 g/mol. The smallest absolute Gasteiger partial charge is 0.165 e. The summed E-state index contributed by atoms with van der Waals surface area (Å²) in [5, 5.41) is 0. The van der Waals surface area contributed by atoms with Gasteiger partial charge < -0.3 is 4.74 Å². The van der Waals surface area contributed by atoms with Crippen LogP contribution < -0.4 is 4.74 Å². The molecule has 1 aliphatic rings. The second-order valence-electron chi connectivity index (χ2n) is 5.53. The van der Waals surface area contributed by atoms with Crippen molar-refractivity contribution < 1.29 is 9.53 Å². The summed E-state index contributed by atoms with van der Waals surface area (Å²) >= 11 is 3.49. The van der Waals surface area contributed by atoms with Gasteiger partial charge in [-0.25, -0.2) is 0 Å². The standard InChI is InChI=1S/C14H17BrO2/c1-8(2)12(16)9-5-10-13(11(15)6-9)17-7-14(10,3)4/h5-6,8H,7H2,1-4H3. The van der Waals surface area contributed by atoms with E-state index in [1.807, 2.05) is 26.0 Å². The van der Waals surface area contributed by atoms with Gasteiger partial charge in [0.15, 0.2) is 5.78 Å². The third-order valence-electron chi connectivity index (χ3n) is 3.16. The number of Topliss-reactive ketones (excluding diaryl/α,β-unsaturated/α-hetero) is 1. The minimum Gasteiger partial charge on any atom is -0.491 e. The van der Waals surface area contributed by atoms with Gasteiger partial charge in [-0.2, -0.15) is 0 Å². The molecule has 0 fully saturated rings. The Morgan fingerprint density at radius 1 is 1.41 bits per heavy atom. The van der Waals surface area contributed by atoms with Gasteiger partial charge in [-0.3, -0.25) is 4.79 Å². The molecule has 0 radical (unpaired) electrons. The Hall–Kier alpha value is -0.830. The van der Waals surface area contributed by atoms with E-state index >= 15 is 0 Å². The van der Waals surface area contributed by atoms with Gasteiger partial charge in [0, 0.05) is 22.5 Å². The molecule has 17 heavy (non-hydrogen) atoms. The highest BCUT2D eigenvalue weighted by Crippen LogP contribution is 2.43. The van der Waals surface area contributed by atoms with E-state index < -0.39 is 0 Å². The number of carbonyl (C=O) groups excluding carboxylic acids is 1. The molecular weight excluding hydrogens is 280 g/mol. The number of hydrogen-bond acceptors (Lipinski definition) is 2. The van der Waals surface area contributed by atoms with Crippen LogP contribution in [0, 0.1) is 5.92 Å². The van der Waals surface area contributed by atoms with Crippen LogP contribution in [0.25, 0.3) is 0 Å². The molecule has 3 heteroatoms. The van der Waals surface area contributed by atoms with E-state index in [0.29, 0.717) is 6.61 Å². The summed E-state index contributed by atoms with van der Waals surface area (Å²) < 4.78 is 6.56. The van der Waals surface area contributed by atoms with Gasteiger partial charge in [0.1, 0.15) is 5.75 Å². The third kappa shape index (κ3) is 2.13. The maximum absolute atomic E-state index is 12.0. The number of hydrogen-bond donors (Lipinski definition) is 0. The van der Waals surface area contributed by atoms with E-state index in [4.69, 9.17) is 4.74 Å². The zero-order chi connectivity index (χ0) is 12.8. The molecule has 0 atom stereocenters. The molecule has 1 aromatic carbocycles. The number of fused-ring (bicyclic) bond motifs is 1. The zero-order valence-corrected chi connectivity index (χ0v) is 12.2. The maximum Gasteiger partial charge on any atom is 0.165 e. The van der Waals surface area contributed by atoms with E-state index in [1.165, 1.54) is 0 Å². The van der Waals surface area contributed by atoms with Crippen molar-refractivity contribution in [1.29, 1.82) is 0 Å². The van der Waals surface area contributed by atoms with Crippen molar-refractivity contribution in [2.24, 2.45) is 5.92 Å². The molecular formula is C14H17BrO2. The fourth-order valence-electron chi connectivity index (χ4n) is 2.05. The maximum atomic E-state index is 12.0. The minimum absolute atomic E-state index is 0.0189. The quantitative estimate of drug-likeness (QED) is 0.772. The highest BCUT2D eigenvalue weighted by Gasteiger charge is 2.34. The minimum atomic E-state index is -0.0227. The zero-order valence-electron chi connectivity index (χ0n) is 10.6. The van der Waals surface area contributed by atoms with Crippen LogP contribution in [0.1, 0.15) is 43.6 Å². The monoisotopic (exact) mass is 296 g/mol. The van der Waals surface area contributed by atoms with Crippen LogP contribution in [0.15, 0.2) is 16.6 Å². The van der Waals surface area contributed by atoms with Crippen molar-refractivity contribution in [3.63, 3.8) is 0 Å². The summed E-state index contributed by atoms with van der Waals surface area (Å²) in [6, 6.07) is 3.85. The van der Waals surface area contributed by atoms with Crippen molar-refractivity contribution in [2.75, 3.05) is 6.61 Å². The van der Waals surface area contributed by atoms with E-state index in [9.17, 15) is 4.79 Å². The molecule has 0 unspecified atom stereocenters. The van der Waals surface area contributed by atoms with Crippen molar-refractivity contribution in [3.8, 4) is 5.75 Å². The lowest BCUT2D eigenvalue weighted by Gasteiger charge is -2.16. The topological polar surface area (TPSA) is 26.3 Å². The molecule has 92 valence electrons. The SMILES string of the molecule is CC(C)C(=O)c1cc(Br)c2c(c1)C(C)(C)CO2. The largest absolute Gasteiger partial charge is 0.491 e. The van der Waals surface area contributed by atoms with Crippen LogP contribution >= 0.6 is 15.9 Å². The Kier molecular flexibility index (Phi) is 3.06. The van der Waals surface area contributed by atoms with Crippen LogP contribution in [0.3, 0.4) is 0 Å². The second-order valence-corrected chi connectivity index (χ2v) is 6.38. The summed E-state index contributed by atoms with van der Waals surface area (Å²) in [5.74, 6) is 1.08. The molecule has 0 N–H and O–H groups in total. The molecule has 2 nitrogen and oxygen atoms in total. The number of halogens is 1. The van der Waals surface area contributed by atoms with Crippen LogP contribution in [-0.2, 0) is 5.41 Å². The first-order chi connectivity index (χ1) is 7.83. The van der Waals surface area contributed by atoms with Crippen molar-refractivity contribution in [3.05, 3.63) is 27.7 Å². The van der Waals surface area contributed by atoms with Gasteiger partial charge in [0.25, 0.3) is 0 Å². The third-order valence-corrected chi connectivity index (χ3v) is 3.75. The first-order valence-corrected chi connectivity index (χ1v) is 6.63. The molecule has 0 saturated heterocycles. The number of carbonyl (C=O) groups is 1. The molecule has 0 bridgehead atoms. The molecule has 2 rings (SSSR count). The first kappa shape index (κ1) is 12.6. The molecule has 0 amide bonds. The van der Waals surface area contributed by atoms with E-state index in [2.05, 4.69) is 29.8 Å². The average Bonchev–Trinajstić information content (AvgIpc) is 2.54. The van der Waals surface area contributed by atoms with Crippen LogP contribution in [0.4, 0.5) is 0 Å². The molecule has 1 aliphatic heterocycles. The lowest BCUT2D eigenvalue weighted by Crippen LogP contribution is -2.19. The molecule has 0 saturated carbocycles. The number of ether oxygens (including phenoxy) is 1. The summed E-state index contributed by atoms with van der Waals surface area (Å²) in [4.78, 5) is 12.0. The molecule has 1 aromatic rings. The number of rotatable bonds is 2. The predicted molar refractivity (Wildman–Crippen MR) is 71.8 cm³/mol. The van der Waals surface area contributed by atoms with Crippen molar-refractivity contribution >= 4 is 21.7 Å². The van der Waals surface area contributed by atoms with Crippen LogP contribution in [-0.4, -0.2) is 12.4 Å². The second kappa shape index (κ2) is 4.13. The molecule has 0 aromatic heterocycles. The first-order valence-electron chi connectivity index (χ1n) is 5.84. The van der Waals surface area contributed by atoms with Gasteiger partial charge >= 0.3 is 0 Å². The summed E-state index contributed by atoms with van der Waals surface area (Å²) in [6.45, 7) is 8.78. The van der Waals surface area contributed by atoms with Gasteiger partial charge in [0.05, 0.1) is 11.1 Å². The van der Waals surface area contributed by atoms with Crippen LogP contribution in [0.5, 0.6) is 5.75 Å². The molecule has 1 heterocycles. The van der Waals surface area contributed by atoms with Gasteiger partial charge in [-0.05, 0) is 28.1 Å². The highest BCUT2D eigenvalue weighted by molar-refractivity contribution is 9.10. The number of ketones is 1. The summed E-state index contributed by atoms with van der Waals surface area (Å²) in [7, 11) is 0. The number of benzene rings is 1. The lowest BCUT2D eigenvalue weighted by molar-refractivity contribution is 0.0939. The Bertz CT molecular complexity index is 475. The van der Waals surface area contributed by atoms with Gasteiger partial charge in [-0.1, -0.05) is 27.7 Å². The fraction of sp³-hybridized carbons (Fsp3) is 0.500. The van der Waals surface area contributed by atoms with E-state index in [-0.39, 0.29) is 17.1 Å². The summed E-state index contributed by atoms with van der Waals surface area (Å²) in [6.07, 6.45) is 0. The Balaban J connectivity index is 2.54. The highest BCUT2D eigenvalue weighted by atomic mass is 79.9. The van der Waals surface area contributed by atoms with Crippen LogP contribution in [0.2, 0.25) is 0 Å². The Labute approximate surface area is 110 Å². The van der Waals surface area contributed by atoms with Crippen molar-refractivity contribution in [2.45, 2.75) is 33.1 Å². The molecule has 0 spiro atoms. The fourth-order valence-corrected chi connectivity index (χ4v) is 2.62. The van der Waals surface area contributed by atoms with Gasteiger partial charge in [-0.15, -0.1) is 0 Å². The van der Waals surface area contributed by atoms with E-state index in [1.54, 1.807) is 0 Å². The normalized spacial score (nSPS) is 16.8. The predicted octanol–water partition coefficient (Wildman–Crippen LogP) is 3.96. The molecule has 0 aliphatic carbocycles. The van der Waals surface area contributed by atoms with E-state index in [0.717, 1.165) is 21.3 Å². The Morgan fingerprint density at radius 2 is 2.06 bits per heavy atom. The lowest BCUT2D eigenvalue weighted by atomic mass is 9.85. The van der Waals surface area contributed by atoms with Crippen molar-refractivity contribution in [1.82, 2.24) is 0 Å².